The molecule has 1 unspecified atom stereocenters. The van der Waals surface area contributed by atoms with Crippen molar-refractivity contribution in [3.8, 4) is 0 Å². The summed E-state index contributed by atoms with van der Waals surface area (Å²) < 4.78 is 27.2. The van der Waals surface area contributed by atoms with Crippen LogP contribution in [-0.4, -0.2) is 50.5 Å². The highest BCUT2D eigenvalue weighted by atomic mass is 79.9. The Bertz CT molecular complexity index is 1340. The van der Waals surface area contributed by atoms with Crippen LogP contribution in [0.5, 0.6) is 0 Å². The van der Waals surface area contributed by atoms with Crippen molar-refractivity contribution in [2.24, 2.45) is 0 Å². The molecule has 7 nitrogen and oxygen atoms in total. The maximum absolute atomic E-state index is 13.9. The summed E-state index contributed by atoms with van der Waals surface area (Å²) in [5.41, 5.74) is 1.84. The van der Waals surface area contributed by atoms with Crippen LogP contribution in [-0.2, 0) is 32.6 Å². The van der Waals surface area contributed by atoms with Crippen LogP contribution in [0.1, 0.15) is 18.1 Å². The molecule has 196 valence electrons. The molecule has 0 saturated carbocycles. The van der Waals surface area contributed by atoms with E-state index >= 15 is 0 Å². The van der Waals surface area contributed by atoms with Crippen LogP contribution in [0.3, 0.4) is 0 Å². The van der Waals surface area contributed by atoms with Crippen molar-refractivity contribution in [3.05, 3.63) is 99.5 Å². The maximum Gasteiger partial charge on any atom is 0.244 e. The third-order valence-electron chi connectivity index (χ3n) is 5.70. The van der Waals surface area contributed by atoms with Crippen molar-refractivity contribution >= 4 is 55.1 Å². The van der Waals surface area contributed by atoms with Gasteiger partial charge in [-0.2, -0.15) is 0 Å². The number of rotatable bonds is 11. The zero-order chi connectivity index (χ0) is 27.0. The number of carbonyl (C=O) groups is 2. The quantitative estimate of drug-likeness (QED) is 0.345. The summed E-state index contributed by atoms with van der Waals surface area (Å²) >= 11 is 9.78. The summed E-state index contributed by atoms with van der Waals surface area (Å²) in [6.45, 7) is 1.73. The molecule has 37 heavy (non-hydrogen) atoms. The van der Waals surface area contributed by atoms with Gasteiger partial charge in [0, 0.05) is 29.0 Å². The van der Waals surface area contributed by atoms with E-state index in [1.54, 1.807) is 55.5 Å². The van der Waals surface area contributed by atoms with Crippen molar-refractivity contribution in [1.29, 1.82) is 0 Å². The first-order chi connectivity index (χ1) is 17.6. The van der Waals surface area contributed by atoms with E-state index in [1.165, 1.54) is 4.90 Å². The van der Waals surface area contributed by atoms with Gasteiger partial charge in [-0.3, -0.25) is 13.9 Å². The Morgan fingerprint density at radius 2 is 1.68 bits per heavy atom. The average Bonchev–Trinajstić information content (AvgIpc) is 2.85. The van der Waals surface area contributed by atoms with Gasteiger partial charge in [-0.15, -0.1) is 0 Å². The predicted octanol–water partition coefficient (Wildman–Crippen LogP) is 4.64. The number of nitrogens with one attached hydrogen (secondary N) is 1. The minimum absolute atomic E-state index is 0.0310. The molecule has 1 atom stereocenters. The predicted molar refractivity (Wildman–Crippen MR) is 151 cm³/mol. The third kappa shape index (κ3) is 8.05. The number of halogens is 2. The lowest BCUT2D eigenvalue weighted by Crippen LogP contribution is -2.53. The normalized spacial score (nSPS) is 12.0. The first-order valence-corrected chi connectivity index (χ1v) is 14.7. The van der Waals surface area contributed by atoms with E-state index in [-0.39, 0.29) is 18.9 Å². The van der Waals surface area contributed by atoms with Crippen molar-refractivity contribution < 1.29 is 18.0 Å². The van der Waals surface area contributed by atoms with E-state index in [0.717, 1.165) is 16.1 Å². The molecule has 3 aromatic rings. The average molecular weight is 607 g/mol. The van der Waals surface area contributed by atoms with Crippen LogP contribution in [0.2, 0.25) is 5.02 Å². The Kier molecular flexibility index (Phi) is 10.1. The van der Waals surface area contributed by atoms with E-state index < -0.39 is 28.5 Å². The highest BCUT2D eigenvalue weighted by Crippen LogP contribution is 2.24. The molecule has 0 saturated heterocycles. The van der Waals surface area contributed by atoms with E-state index in [9.17, 15) is 18.0 Å². The van der Waals surface area contributed by atoms with Gasteiger partial charge in [0.1, 0.15) is 12.6 Å². The van der Waals surface area contributed by atoms with Crippen LogP contribution < -0.4 is 9.62 Å². The van der Waals surface area contributed by atoms with Gasteiger partial charge in [-0.05, 0) is 42.3 Å². The molecule has 2 amide bonds. The summed E-state index contributed by atoms with van der Waals surface area (Å²) in [4.78, 5) is 28.6. The van der Waals surface area contributed by atoms with Gasteiger partial charge >= 0.3 is 0 Å². The van der Waals surface area contributed by atoms with Gasteiger partial charge < -0.3 is 10.2 Å². The number of nitrogens with zero attached hydrogens (tertiary/aromatic N) is 2. The minimum Gasteiger partial charge on any atom is -0.355 e. The molecule has 3 rings (SSSR count). The molecule has 3 aromatic carbocycles. The summed E-state index contributed by atoms with van der Waals surface area (Å²) in [6.07, 6.45) is 1.30. The Hall–Kier alpha value is -2.88. The standard InChI is InChI=1S/C27H29BrClN3O4S/c1-3-30-27(34)25(16-20-10-5-4-6-11-20)31(18-21-12-7-8-15-24(21)29)26(33)19-32(37(2,35)36)23-14-9-13-22(28)17-23/h4-15,17,25H,3,16,18-19H2,1-2H3,(H,30,34). The first-order valence-electron chi connectivity index (χ1n) is 11.7. The molecule has 0 aliphatic rings. The van der Waals surface area contributed by atoms with Crippen molar-refractivity contribution in [2.45, 2.75) is 25.9 Å². The number of anilines is 1. The number of sulfonamides is 1. The SMILES string of the molecule is CCNC(=O)C(Cc1ccccc1)N(Cc1ccccc1Cl)C(=O)CN(c1cccc(Br)c1)S(C)(=O)=O. The molecular weight excluding hydrogens is 578 g/mol. The van der Waals surface area contributed by atoms with Gasteiger partial charge in [-0.25, -0.2) is 8.42 Å². The summed E-state index contributed by atoms with van der Waals surface area (Å²) in [5, 5.41) is 3.27. The minimum atomic E-state index is -3.82. The number of hydrogen-bond acceptors (Lipinski definition) is 4. The third-order valence-corrected chi connectivity index (χ3v) is 7.70. The molecular formula is C27H29BrClN3O4S. The number of likely N-dealkylation sites (N-methyl/N-ethyl adjacent to an activating group) is 1. The van der Waals surface area contributed by atoms with Gasteiger partial charge in [0.25, 0.3) is 0 Å². The summed E-state index contributed by atoms with van der Waals surface area (Å²) in [7, 11) is -3.82. The van der Waals surface area contributed by atoms with Gasteiger partial charge in [0.2, 0.25) is 21.8 Å². The van der Waals surface area contributed by atoms with Crippen LogP contribution >= 0.6 is 27.5 Å². The van der Waals surface area contributed by atoms with Gasteiger partial charge in [-0.1, -0.05) is 82.1 Å². The Balaban J connectivity index is 2.05. The van der Waals surface area contributed by atoms with Crippen LogP contribution in [0, 0.1) is 0 Å². The van der Waals surface area contributed by atoms with Crippen molar-refractivity contribution in [3.63, 3.8) is 0 Å². The lowest BCUT2D eigenvalue weighted by atomic mass is 10.0. The molecule has 0 fully saturated rings. The van der Waals surface area contributed by atoms with E-state index in [2.05, 4.69) is 21.2 Å². The van der Waals surface area contributed by atoms with E-state index in [1.807, 2.05) is 30.3 Å². The fourth-order valence-electron chi connectivity index (χ4n) is 3.90. The molecule has 0 heterocycles. The Morgan fingerprint density at radius 3 is 2.30 bits per heavy atom. The smallest absolute Gasteiger partial charge is 0.244 e. The molecule has 0 aliphatic heterocycles. The van der Waals surface area contributed by atoms with Crippen LogP contribution in [0.4, 0.5) is 5.69 Å². The molecule has 0 radical (unpaired) electrons. The highest BCUT2D eigenvalue weighted by Gasteiger charge is 2.33. The van der Waals surface area contributed by atoms with Crippen molar-refractivity contribution in [1.82, 2.24) is 10.2 Å². The van der Waals surface area contributed by atoms with Gasteiger partial charge in [0.05, 0.1) is 11.9 Å². The maximum atomic E-state index is 13.9. The number of benzene rings is 3. The lowest BCUT2D eigenvalue weighted by Gasteiger charge is -2.33. The lowest BCUT2D eigenvalue weighted by molar-refractivity contribution is -0.140. The molecule has 10 heteroatoms. The van der Waals surface area contributed by atoms with Crippen LogP contribution in [0.25, 0.3) is 0 Å². The summed E-state index contributed by atoms with van der Waals surface area (Å²) in [6, 6.07) is 22.2. The Morgan fingerprint density at radius 1 is 1.00 bits per heavy atom. The monoisotopic (exact) mass is 605 g/mol. The highest BCUT2D eigenvalue weighted by molar-refractivity contribution is 9.10. The second-order valence-electron chi connectivity index (χ2n) is 8.46. The number of hydrogen-bond donors (Lipinski definition) is 1. The molecule has 1 N–H and O–H groups in total. The second kappa shape index (κ2) is 13.1. The van der Waals surface area contributed by atoms with Crippen LogP contribution in [0.15, 0.2) is 83.3 Å². The Labute approximate surface area is 231 Å². The molecule has 0 spiro atoms. The van der Waals surface area contributed by atoms with Crippen molar-refractivity contribution in [2.75, 3.05) is 23.7 Å². The summed E-state index contributed by atoms with van der Waals surface area (Å²) in [5.74, 6) is -0.863. The second-order valence-corrected chi connectivity index (χ2v) is 11.7. The molecule has 0 aromatic heterocycles. The van der Waals surface area contributed by atoms with Gasteiger partial charge in [0.15, 0.2) is 0 Å². The fraction of sp³-hybridized carbons (Fsp3) is 0.259. The zero-order valence-electron chi connectivity index (χ0n) is 20.6. The van der Waals surface area contributed by atoms with E-state index in [4.69, 9.17) is 11.6 Å². The number of carbonyl (C=O) groups excluding carboxylic acids is 2. The van der Waals surface area contributed by atoms with E-state index in [0.29, 0.717) is 27.3 Å². The zero-order valence-corrected chi connectivity index (χ0v) is 23.8. The largest absolute Gasteiger partial charge is 0.355 e. The fourth-order valence-corrected chi connectivity index (χ4v) is 5.33. The first kappa shape index (κ1) is 28.7. The number of amides is 2. The topological polar surface area (TPSA) is 86.8 Å². The molecule has 0 bridgehead atoms. The molecule has 0 aliphatic carbocycles.